The van der Waals surface area contributed by atoms with Gasteiger partial charge in [0.25, 0.3) is 0 Å². The standard InChI is InChI=1S/C22H27ClN6O.ClH/c1-15-24-21(28-11-9-27(2)10-12-28)19-22(25-15)29(14-16-6-5-13-30-16)20(26-19)17-7-3-4-8-18(17)23;/h3-4,7-8,16H,5-6,9-14H2,1-2H3;1H. The Morgan fingerprint density at radius 2 is 1.87 bits per heavy atom. The molecule has 0 N–H and O–H groups in total. The number of fused-ring (bicyclic) bond motifs is 1. The first-order chi connectivity index (χ1) is 14.6. The van der Waals surface area contributed by atoms with Crippen LogP contribution in [-0.4, -0.2) is 70.4 Å². The number of imidazole rings is 1. The number of anilines is 1. The number of hydrogen-bond donors (Lipinski definition) is 0. The maximum absolute atomic E-state index is 6.57. The number of benzene rings is 1. The van der Waals surface area contributed by atoms with Crippen LogP contribution in [0.5, 0.6) is 0 Å². The summed E-state index contributed by atoms with van der Waals surface area (Å²) in [5.74, 6) is 2.52. The molecule has 166 valence electrons. The number of likely N-dealkylation sites (N-methyl/N-ethyl adjacent to an activating group) is 1. The Hall–Kier alpha value is -1.93. The summed E-state index contributed by atoms with van der Waals surface area (Å²) in [5.41, 5.74) is 2.62. The summed E-state index contributed by atoms with van der Waals surface area (Å²) in [7, 11) is 2.16. The summed E-state index contributed by atoms with van der Waals surface area (Å²) < 4.78 is 8.13. The zero-order chi connectivity index (χ0) is 20.7. The highest BCUT2D eigenvalue weighted by molar-refractivity contribution is 6.33. The molecule has 31 heavy (non-hydrogen) atoms. The third kappa shape index (κ3) is 4.37. The van der Waals surface area contributed by atoms with Gasteiger partial charge < -0.3 is 19.1 Å². The van der Waals surface area contributed by atoms with Crippen LogP contribution in [0.1, 0.15) is 18.7 Å². The fourth-order valence-electron chi connectivity index (χ4n) is 4.34. The Balaban J connectivity index is 0.00000231. The van der Waals surface area contributed by atoms with E-state index in [4.69, 9.17) is 31.3 Å². The van der Waals surface area contributed by atoms with Crippen LogP contribution < -0.4 is 4.90 Å². The average Bonchev–Trinajstić information content (AvgIpc) is 3.37. The van der Waals surface area contributed by atoms with Gasteiger partial charge in [-0.1, -0.05) is 23.7 Å². The second-order valence-electron chi connectivity index (χ2n) is 8.22. The Morgan fingerprint density at radius 3 is 2.58 bits per heavy atom. The lowest BCUT2D eigenvalue weighted by molar-refractivity contribution is 0.0981. The number of aryl methyl sites for hydroxylation is 1. The van der Waals surface area contributed by atoms with Crippen LogP contribution in [0.2, 0.25) is 5.02 Å². The zero-order valence-corrected chi connectivity index (χ0v) is 19.5. The molecule has 2 aliphatic rings. The number of rotatable bonds is 4. The number of piperazine rings is 1. The normalized spacial score (nSPS) is 19.7. The lowest BCUT2D eigenvalue weighted by Crippen LogP contribution is -2.45. The first-order valence-electron chi connectivity index (χ1n) is 10.6. The molecule has 0 radical (unpaired) electrons. The van der Waals surface area contributed by atoms with Gasteiger partial charge in [-0.25, -0.2) is 15.0 Å². The Labute approximate surface area is 193 Å². The summed E-state index contributed by atoms with van der Waals surface area (Å²) in [4.78, 5) is 19.4. The van der Waals surface area contributed by atoms with Crippen LogP contribution in [0.4, 0.5) is 5.82 Å². The average molecular weight is 463 g/mol. The summed E-state index contributed by atoms with van der Waals surface area (Å²) in [6.07, 6.45) is 2.32. The Bertz CT molecular complexity index is 1060. The zero-order valence-electron chi connectivity index (χ0n) is 17.9. The van der Waals surface area contributed by atoms with Crippen molar-refractivity contribution >= 4 is 41.0 Å². The van der Waals surface area contributed by atoms with E-state index in [-0.39, 0.29) is 18.5 Å². The van der Waals surface area contributed by atoms with E-state index in [2.05, 4.69) is 21.4 Å². The molecule has 1 atom stereocenters. The van der Waals surface area contributed by atoms with Gasteiger partial charge in [-0.2, -0.15) is 0 Å². The number of nitrogens with zero attached hydrogens (tertiary/aromatic N) is 6. The lowest BCUT2D eigenvalue weighted by atomic mass is 10.2. The fraction of sp³-hybridized carbons (Fsp3) is 0.500. The molecule has 2 saturated heterocycles. The molecule has 2 aromatic heterocycles. The molecule has 5 rings (SSSR count). The highest BCUT2D eigenvalue weighted by atomic mass is 35.5. The number of ether oxygens (including phenoxy) is 1. The van der Waals surface area contributed by atoms with Gasteiger partial charge in [-0.3, -0.25) is 0 Å². The molecule has 9 heteroatoms. The van der Waals surface area contributed by atoms with Gasteiger partial charge >= 0.3 is 0 Å². The quantitative estimate of drug-likeness (QED) is 0.587. The van der Waals surface area contributed by atoms with Gasteiger partial charge in [0.2, 0.25) is 0 Å². The first kappa shape index (κ1) is 22.3. The van der Waals surface area contributed by atoms with Crippen molar-refractivity contribution in [2.75, 3.05) is 44.7 Å². The molecular formula is C22H28Cl2N6O. The summed E-state index contributed by atoms with van der Waals surface area (Å²) >= 11 is 6.57. The topological polar surface area (TPSA) is 59.3 Å². The molecule has 0 aliphatic carbocycles. The third-order valence-electron chi connectivity index (χ3n) is 6.02. The highest BCUT2D eigenvalue weighted by Crippen LogP contribution is 2.34. The van der Waals surface area contributed by atoms with E-state index in [0.29, 0.717) is 5.02 Å². The van der Waals surface area contributed by atoms with Crippen molar-refractivity contribution in [1.82, 2.24) is 24.4 Å². The molecule has 1 unspecified atom stereocenters. The minimum atomic E-state index is 0. The summed E-state index contributed by atoms with van der Waals surface area (Å²) in [6.45, 7) is 7.38. The minimum Gasteiger partial charge on any atom is -0.376 e. The molecule has 3 aromatic rings. The van der Waals surface area contributed by atoms with E-state index >= 15 is 0 Å². The SMILES string of the molecule is Cc1nc(N2CCN(C)CC2)c2nc(-c3ccccc3Cl)n(CC3CCCO3)c2n1.Cl. The molecule has 4 heterocycles. The van der Waals surface area contributed by atoms with Gasteiger partial charge in [0.1, 0.15) is 11.6 Å². The molecule has 7 nitrogen and oxygen atoms in total. The molecule has 0 saturated carbocycles. The van der Waals surface area contributed by atoms with Crippen LogP contribution in [0.15, 0.2) is 24.3 Å². The highest BCUT2D eigenvalue weighted by Gasteiger charge is 2.26. The first-order valence-corrected chi connectivity index (χ1v) is 11.0. The van der Waals surface area contributed by atoms with Crippen molar-refractivity contribution in [3.05, 3.63) is 35.1 Å². The molecule has 1 aromatic carbocycles. The van der Waals surface area contributed by atoms with Crippen molar-refractivity contribution in [1.29, 1.82) is 0 Å². The fourth-order valence-corrected chi connectivity index (χ4v) is 4.56. The monoisotopic (exact) mass is 462 g/mol. The smallest absolute Gasteiger partial charge is 0.166 e. The van der Waals surface area contributed by atoms with Crippen LogP contribution in [0.25, 0.3) is 22.6 Å². The molecule has 2 aliphatic heterocycles. The van der Waals surface area contributed by atoms with Crippen molar-refractivity contribution in [3.63, 3.8) is 0 Å². The minimum absolute atomic E-state index is 0. The maximum atomic E-state index is 6.57. The van der Waals surface area contributed by atoms with Gasteiger partial charge in [0, 0.05) is 38.3 Å². The van der Waals surface area contributed by atoms with Crippen LogP contribution in [0, 0.1) is 6.92 Å². The predicted octanol–water partition coefficient (Wildman–Crippen LogP) is 3.81. The van der Waals surface area contributed by atoms with Crippen molar-refractivity contribution in [2.24, 2.45) is 0 Å². The van der Waals surface area contributed by atoms with Crippen molar-refractivity contribution in [3.8, 4) is 11.4 Å². The molecule has 2 fully saturated rings. The number of hydrogen-bond acceptors (Lipinski definition) is 6. The van der Waals surface area contributed by atoms with Crippen molar-refractivity contribution in [2.45, 2.75) is 32.4 Å². The van der Waals surface area contributed by atoms with Gasteiger partial charge in [0.05, 0.1) is 17.7 Å². The molecular weight excluding hydrogens is 435 g/mol. The Morgan fingerprint density at radius 1 is 1.10 bits per heavy atom. The lowest BCUT2D eigenvalue weighted by Gasteiger charge is -2.33. The van der Waals surface area contributed by atoms with Crippen LogP contribution in [-0.2, 0) is 11.3 Å². The number of aromatic nitrogens is 4. The Kier molecular flexibility index (Phi) is 6.67. The second-order valence-corrected chi connectivity index (χ2v) is 8.63. The molecule has 0 bridgehead atoms. The third-order valence-corrected chi connectivity index (χ3v) is 6.35. The maximum Gasteiger partial charge on any atom is 0.166 e. The van der Waals surface area contributed by atoms with Gasteiger partial charge in [-0.05, 0) is 38.9 Å². The van der Waals surface area contributed by atoms with Gasteiger partial charge in [-0.15, -0.1) is 12.4 Å². The van der Waals surface area contributed by atoms with Crippen LogP contribution >= 0.6 is 24.0 Å². The summed E-state index contributed by atoms with van der Waals surface area (Å²) in [5, 5.41) is 0.687. The predicted molar refractivity (Wildman–Crippen MR) is 126 cm³/mol. The van der Waals surface area contributed by atoms with E-state index in [9.17, 15) is 0 Å². The van der Waals surface area contributed by atoms with Crippen LogP contribution in [0.3, 0.4) is 0 Å². The number of halogens is 2. The van der Waals surface area contributed by atoms with E-state index < -0.39 is 0 Å². The van der Waals surface area contributed by atoms with Gasteiger partial charge in [0.15, 0.2) is 17.0 Å². The van der Waals surface area contributed by atoms with E-state index in [1.165, 1.54) is 0 Å². The largest absolute Gasteiger partial charge is 0.376 e. The van der Waals surface area contributed by atoms with E-state index in [1.54, 1.807) is 0 Å². The van der Waals surface area contributed by atoms with E-state index in [1.807, 2.05) is 31.2 Å². The van der Waals surface area contributed by atoms with Crippen molar-refractivity contribution < 1.29 is 4.74 Å². The second kappa shape index (κ2) is 9.28. The van der Waals surface area contributed by atoms with E-state index in [0.717, 1.165) is 86.4 Å². The molecule has 0 amide bonds. The summed E-state index contributed by atoms with van der Waals surface area (Å²) in [6, 6.07) is 7.87. The molecule has 0 spiro atoms.